The van der Waals surface area contributed by atoms with Gasteiger partial charge in [-0.25, -0.2) is 4.79 Å². The molecule has 0 spiro atoms. The molecule has 2 aromatic rings. The molecule has 1 fully saturated rings. The van der Waals surface area contributed by atoms with Gasteiger partial charge >= 0.3 is 6.09 Å². The minimum atomic E-state index is -0.433. The highest BCUT2D eigenvalue weighted by atomic mass is 16.6. The standard InChI is InChI=1S/C19H27N3O2/c1-19(2,3)24-18(23)22-11-9-15(13-22)20-10-8-14-12-21-17-7-5-4-6-16(14)17/h4-7,12,15,20-21H,8-11,13H2,1-3H3/t15-/m1/s1. The van der Waals surface area contributed by atoms with E-state index in [2.05, 4.69) is 34.7 Å². The maximum atomic E-state index is 12.1. The van der Waals surface area contributed by atoms with Gasteiger partial charge in [0.05, 0.1) is 0 Å². The molecule has 1 aliphatic rings. The van der Waals surface area contributed by atoms with Crippen molar-refractivity contribution >= 4 is 17.0 Å². The quantitative estimate of drug-likeness (QED) is 0.905. The minimum absolute atomic E-state index is 0.205. The summed E-state index contributed by atoms with van der Waals surface area (Å²) in [5.74, 6) is 0. The summed E-state index contributed by atoms with van der Waals surface area (Å²) in [7, 11) is 0. The molecule has 1 aromatic heterocycles. The lowest BCUT2D eigenvalue weighted by Gasteiger charge is -2.24. The van der Waals surface area contributed by atoms with Gasteiger partial charge in [-0.1, -0.05) is 18.2 Å². The summed E-state index contributed by atoms with van der Waals surface area (Å²) in [4.78, 5) is 17.2. The van der Waals surface area contributed by atoms with Crippen molar-refractivity contribution in [1.29, 1.82) is 0 Å². The van der Waals surface area contributed by atoms with E-state index in [1.807, 2.05) is 26.8 Å². The molecule has 1 aliphatic heterocycles. The van der Waals surface area contributed by atoms with Crippen molar-refractivity contribution in [2.75, 3.05) is 19.6 Å². The number of benzene rings is 1. The van der Waals surface area contributed by atoms with Gasteiger partial charge in [-0.2, -0.15) is 0 Å². The number of H-pyrrole nitrogens is 1. The molecule has 1 atom stereocenters. The molecule has 1 aromatic carbocycles. The highest BCUT2D eigenvalue weighted by molar-refractivity contribution is 5.83. The van der Waals surface area contributed by atoms with Crippen LogP contribution < -0.4 is 5.32 Å². The molecular formula is C19H27N3O2. The fraction of sp³-hybridized carbons (Fsp3) is 0.526. The van der Waals surface area contributed by atoms with Gasteiger partial charge in [-0.3, -0.25) is 0 Å². The van der Waals surface area contributed by atoms with Crippen molar-refractivity contribution in [2.45, 2.75) is 45.3 Å². The zero-order valence-electron chi connectivity index (χ0n) is 14.8. The minimum Gasteiger partial charge on any atom is -0.444 e. The molecule has 0 unspecified atom stereocenters. The summed E-state index contributed by atoms with van der Waals surface area (Å²) in [6.45, 7) is 8.10. The van der Waals surface area contributed by atoms with Crippen LogP contribution in [-0.4, -0.2) is 47.3 Å². The van der Waals surface area contributed by atoms with E-state index >= 15 is 0 Å². The molecule has 24 heavy (non-hydrogen) atoms. The van der Waals surface area contributed by atoms with Crippen LogP contribution in [-0.2, 0) is 11.2 Å². The Bertz CT molecular complexity index is 702. The average molecular weight is 329 g/mol. The van der Waals surface area contributed by atoms with E-state index in [9.17, 15) is 4.79 Å². The summed E-state index contributed by atoms with van der Waals surface area (Å²) in [5, 5.41) is 4.86. The molecule has 2 heterocycles. The number of hydrogen-bond acceptors (Lipinski definition) is 3. The van der Waals surface area contributed by atoms with Crippen LogP contribution in [0.5, 0.6) is 0 Å². The number of carbonyl (C=O) groups is 1. The second-order valence-electron chi connectivity index (χ2n) is 7.48. The number of aromatic nitrogens is 1. The van der Waals surface area contributed by atoms with E-state index in [-0.39, 0.29) is 6.09 Å². The second kappa shape index (κ2) is 6.85. The smallest absolute Gasteiger partial charge is 0.410 e. The van der Waals surface area contributed by atoms with E-state index in [4.69, 9.17) is 4.74 Å². The summed E-state index contributed by atoms with van der Waals surface area (Å²) in [6.07, 6.45) is 3.84. The number of nitrogens with zero attached hydrogens (tertiary/aromatic N) is 1. The van der Waals surface area contributed by atoms with Crippen molar-refractivity contribution < 1.29 is 9.53 Å². The number of hydrogen-bond donors (Lipinski definition) is 2. The maximum Gasteiger partial charge on any atom is 0.410 e. The van der Waals surface area contributed by atoms with Gasteiger partial charge in [0, 0.05) is 36.2 Å². The Balaban J connectivity index is 1.46. The topological polar surface area (TPSA) is 57.4 Å². The lowest BCUT2D eigenvalue weighted by molar-refractivity contribution is 0.0291. The van der Waals surface area contributed by atoms with Gasteiger partial charge in [-0.05, 0) is 51.8 Å². The van der Waals surface area contributed by atoms with Crippen LogP contribution in [0.2, 0.25) is 0 Å². The van der Waals surface area contributed by atoms with E-state index in [1.165, 1.54) is 16.5 Å². The average Bonchev–Trinajstić information content (AvgIpc) is 3.13. The second-order valence-corrected chi connectivity index (χ2v) is 7.48. The number of nitrogens with one attached hydrogen (secondary N) is 2. The van der Waals surface area contributed by atoms with Crippen LogP contribution in [0.25, 0.3) is 10.9 Å². The van der Waals surface area contributed by atoms with Crippen LogP contribution in [0.4, 0.5) is 4.79 Å². The van der Waals surface area contributed by atoms with Gasteiger partial charge in [0.2, 0.25) is 0 Å². The van der Waals surface area contributed by atoms with Crippen molar-refractivity contribution in [3.8, 4) is 0 Å². The normalized spacial score (nSPS) is 18.3. The molecular weight excluding hydrogens is 302 g/mol. The van der Waals surface area contributed by atoms with Crippen LogP contribution in [0.15, 0.2) is 30.5 Å². The molecule has 1 amide bonds. The predicted octanol–water partition coefficient (Wildman–Crippen LogP) is 3.31. The fourth-order valence-electron chi connectivity index (χ4n) is 3.17. The third kappa shape index (κ3) is 4.09. The Morgan fingerprint density at radius 1 is 1.38 bits per heavy atom. The Labute approximate surface area is 143 Å². The lowest BCUT2D eigenvalue weighted by Crippen LogP contribution is -2.38. The number of likely N-dealkylation sites (tertiary alicyclic amines) is 1. The van der Waals surface area contributed by atoms with Crippen LogP contribution in [0.1, 0.15) is 32.8 Å². The molecule has 0 radical (unpaired) electrons. The van der Waals surface area contributed by atoms with Crippen molar-refractivity contribution in [3.63, 3.8) is 0 Å². The number of ether oxygens (including phenoxy) is 1. The molecule has 3 rings (SSSR count). The molecule has 5 heteroatoms. The third-order valence-corrected chi connectivity index (χ3v) is 4.34. The third-order valence-electron chi connectivity index (χ3n) is 4.34. The number of rotatable bonds is 4. The Kier molecular flexibility index (Phi) is 4.81. The summed E-state index contributed by atoms with van der Waals surface area (Å²) in [6, 6.07) is 8.72. The first-order valence-electron chi connectivity index (χ1n) is 8.69. The van der Waals surface area contributed by atoms with Gasteiger partial charge in [-0.15, -0.1) is 0 Å². The molecule has 0 bridgehead atoms. The van der Waals surface area contributed by atoms with Gasteiger partial charge < -0.3 is 19.9 Å². The predicted molar refractivity (Wildman–Crippen MR) is 96.2 cm³/mol. The van der Waals surface area contributed by atoms with Crippen LogP contribution in [0.3, 0.4) is 0 Å². The summed E-state index contributed by atoms with van der Waals surface area (Å²) < 4.78 is 5.44. The lowest BCUT2D eigenvalue weighted by atomic mass is 10.1. The zero-order chi connectivity index (χ0) is 17.2. The maximum absolute atomic E-state index is 12.1. The summed E-state index contributed by atoms with van der Waals surface area (Å²) >= 11 is 0. The highest BCUT2D eigenvalue weighted by Gasteiger charge is 2.29. The van der Waals surface area contributed by atoms with E-state index in [0.29, 0.717) is 6.04 Å². The Morgan fingerprint density at radius 3 is 2.96 bits per heavy atom. The van der Waals surface area contributed by atoms with Gasteiger partial charge in [0.15, 0.2) is 0 Å². The number of aromatic amines is 1. The molecule has 5 nitrogen and oxygen atoms in total. The van der Waals surface area contributed by atoms with Crippen molar-refractivity contribution in [3.05, 3.63) is 36.0 Å². The molecule has 2 N–H and O–H groups in total. The molecule has 0 saturated carbocycles. The first-order chi connectivity index (χ1) is 11.4. The van der Waals surface area contributed by atoms with E-state index < -0.39 is 5.60 Å². The van der Waals surface area contributed by atoms with Crippen molar-refractivity contribution in [1.82, 2.24) is 15.2 Å². The van der Waals surface area contributed by atoms with Crippen LogP contribution >= 0.6 is 0 Å². The van der Waals surface area contributed by atoms with Crippen molar-refractivity contribution in [2.24, 2.45) is 0 Å². The summed E-state index contributed by atoms with van der Waals surface area (Å²) in [5.41, 5.74) is 2.09. The van der Waals surface area contributed by atoms with E-state index in [1.54, 1.807) is 4.90 Å². The largest absolute Gasteiger partial charge is 0.444 e. The van der Waals surface area contributed by atoms with Gasteiger partial charge in [0.25, 0.3) is 0 Å². The number of amides is 1. The zero-order valence-corrected chi connectivity index (χ0v) is 14.8. The molecule has 0 aliphatic carbocycles. The first-order valence-corrected chi connectivity index (χ1v) is 8.69. The van der Waals surface area contributed by atoms with Gasteiger partial charge in [0.1, 0.15) is 5.60 Å². The Morgan fingerprint density at radius 2 is 2.17 bits per heavy atom. The monoisotopic (exact) mass is 329 g/mol. The molecule has 130 valence electrons. The first kappa shape index (κ1) is 16.8. The number of fused-ring (bicyclic) bond motifs is 1. The number of para-hydroxylation sites is 1. The SMILES string of the molecule is CC(C)(C)OC(=O)N1CC[C@@H](NCCc2c[nH]c3ccccc23)C1. The fourth-order valence-corrected chi connectivity index (χ4v) is 3.17. The number of carbonyl (C=O) groups excluding carboxylic acids is 1. The molecule has 1 saturated heterocycles. The van der Waals surface area contributed by atoms with E-state index in [0.717, 1.165) is 32.5 Å². The highest BCUT2D eigenvalue weighted by Crippen LogP contribution is 2.18. The Hall–Kier alpha value is -2.01. The van der Waals surface area contributed by atoms with Crippen LogP contribution in [0, 0.1) is 0 Å².